The van der Waals surface area contributed by atoms with E-state index < -0.39 is 0 Å². The number of aromatic nitrogens is 3. The maximum absolute atomic E-state index is 12.6. The number of likely N-dealkylation sites (N-methyl/N-ethyl adjacent to an activating group) is 1. The molecule has 0 radical (unpaired) electrons. The Bertz CT molecular complexity index is 1060. The minimum Gasteiger partial charge on any atom is -0.378 e. The third kappa shape index (κ3) is 5.28. The molecule has 162 valence electrons. The summed E-state index contributed by atoms with van der Waals surface area (Å²) in [7, 11) is 1.92. The molecule has 1 saturated heterocycles. The normalized spacial score (nSPS) is 14.2. The van der Waals surface area contributed by atoms with Crippen molar-refractivity contribution in [2.75, 3.05) is 39.9 Å². The quantitative estimate of drug-likeness (QED) is 0.532. The zero-order valence-electron chi connectivity index (χ0n) is 17.7. The summed E-state index contributed by atoms with van der Waals surface area (Å²) >= 11 is 5.79. The standard InChI is InChI=1S/C23H27N5O2S/c1-25(17-22(29)26-12-14-30-15-13-26)18-27-23(31)28(20-10-6-3-7-11-20)21(24-27)16-19-8-4-2-5-9-19/h2-11H,12-18H2,1H3. The Labute approximate surface area is 187 Å². The Kier molecular flexibility index (Phi) is 6.91. The number of hydrogen-bond donors (Lipinski definition) is 0. The van der Waals surface area contributed by atoms with E-state index in [2.05, 4.69) is 12.1 Å². The first kappa shape index (κ1) is 21.4. The Morgan fingerprint density at radius 3 is 2.39 bits per heavy atom. The molecule has 0 saturated carbocycles. The average molecular weight is 438 g/mol. The van der Waals surface area contributed by atoms with Crippen LogP contribution in [0.5, 0.6) is 0 Å². The lowest BCUT2D eigenvalue weighted by Crippen LogP contribution is -2.45. The van der Waals surface area contributed by atoms with Crippen LogP contribution in [-0.4, -0.2) is 70.0 Å². The molecule has 2 heterocycles. The van der Waals surface area contributed by atoms with E-state index in [4.69, 9.17) is 22.1 Å². The predicted molar refractivity (Wildman–Crippen MR) is 122 cm³/mol. The Hall–Kier alpha value is -2.81. The summed E-state index contributed by atoms with van der Waals surface area (Å²) in [6, 6.07) is 20.3. The van der Waals surface area contributed by atoms with Gasteiger partial charge in [0.15, 0.2) is 0 Å². The van der Waals surface area contributed by atoms with Crippen LogP contribution in [0, 0.1) is 4.77 Å². The topological polar surface area (TPSA) is 55.5 Å². The molecule has 1 amide bonds. The van der Waals surface area contributed by atoms with Crippen molar-refractivity contribution in [1.82, 2.24) is 24.1 Å². The summed E-state index contributed by atoms with van der Waals surface area (Å²) in [4.78, 5) is 16.4. The van der Waals surface area contributed by atoms with Crippen molar-refractivity contribution in [1.29, 1.82) is 0 Å². The third-order valence-electron chi connectivity index (χ3n) is 5.27. The van der Waals surface area contributed by atoms with Crippen LogP contribution in [0.2, 0.25) is 0 Å². The zero-order chi connectivity index (χ0) is 21.6. The van der Waals surface area contributed by atoms with Gasteiger partial charge in [0.25, 0.3) is 0 Å². The number of para-hydroxylation sites is 1. The van der Waals surface area contributed by atoms with E-state index >= 15 is 0 Å². The summed E-state index contributed by atoms with van der Waals surface area (Å²) < 4.78 is 9.76. The predicted octanol–water partition coefficient (Wildman–Crippen LogP) is 2.74. The van der Waals surface area contributed by atoms with Crippen LogP contribution in [0.15, 0.2) is 60.7 Å². The fraction of sp³-hybridized carbons (Fsp3) is 0.348. The van der Waals surface area contributed by atoms with Gasteiger partial charge in [0.1, 0.15) is 5.82 Å². The fourth-order valence-electron chi connectivity index (χ4n) is 3.70. The minimum absolute atomic E-state index is 0.101. The van der Waals surface area contributed by atoms with Gasteiger partial charge in [-0.15, -0.1) is 0 Å². The molecule has 0 aliphatic carbocycles. The van der Waals surface area contributed by atoms with E-state index in [1.165, 1.54) is 5.56 Å². The van der Waals surface area contributed by atoms with Crippen LogP contribution < -0.4 is 0 Å². The van der Waals surface area contributed by atoms with E-state index in [1.807, 2.05) is 69.9 Å². The second-order valence-corrected chi connectivity index (χ2v) is 8.05. The van der Waals surface area contributed by atoms with Gasteiger partial charge in [-0.25, -0.2) is 4.68 Å². The molecule has 2 aromatic carbocycles. The number of ether oxygens (including phenoxy) is 1. The lowest BCUT2D eigenvalue weighted by molar-refractivity contribution is -0.136. The van der Waals surface area contributed by atoms with E-state index in [0.717, 1.165) is 11.5 Å². The maximum Gasteiger partial charge on any atom is 0.236 e. The number of hydrogen-bond acceptors (Lipinski definition) is 5. The van der Waals surface area contributed by atoms with E-state index in [-0.39, 0.29) is 5.91 Å². The molecule has 3 aromatic rings. The van der Waals surface area contributed by atoms with Crippen molar-refractivity contribution >= 4 is 18.1 Å². The molecule has 1 aliphatic heterocycles. The van der Waals surface area contributed by atoms with Gasteiger partial charge >= 0.3 is 0 Å². The van der Waals surface area contributed by atoms with Crippen molar-refractivity contribution in [3.05, 3.63) is 76.8 Å². The molecular weight excluding hydrogens is 410 g/mol. The number of morpholine rings is 1. The van der Waals surface area contributed by atoms with Crippen LogP contribution in [-0.2, 0) is 22.6 Å². The van der Waals surface area contributed by atoms with Crippen LogP contribution in [0.1, 0.15) is 11.4 Å². The summed E-state index contributed by atoms with van der Waals surface area (Å²) in [6.45, 7) is 3.26. The molecule has 0 unspecified atom stereocenters. The van der Waals surface area contributed by atoms with E-state index in [0.29, 0.717) is 50.7 Å². The Morgan fingerprint density at radius 2 is 1.71 bits per heavy atom. The van der Waals surface area contributed by atoms with E-state index in [1.54, 1.807) is 4.68 Å². The molecule has 31 heavy (non-hydrogen) atoms. The fourth-order valence-corrected chi connectivity index (χ4v) is 4.01. The second-order valence-electron chi connectivity index (χ2n) is 7.68. The first-order valence-corrected chi connectivity index (χ1v) is 10.8. The number of carbonyl (C=O) groups is 1. The number of nitrogens with zero attached hydrogens (tertiary/aromatic N) is 5. The van der Waals surface area contributed by atoms with Gasteiger partial charge in [0.05, 0.1) is 26.4 Å². The lowest BCUT2D eigenvalue weighted by atomic mass is 10.1. The molecule has 1 aliphatic rings. The molecule has 1 aromatic heterocycles. The highest BCUT2D eigenvalue weighted by atomic mass is 32.1. The monoisotopic (exact) mass is 437 g/mol. The van der Waals surface area contributed by atoms with E-state index in [9.17, 15) is 4.79 Å². The van der Waals surface area contributed by atoms with Crippen LogP contribution in [0.4, 0.5) is 0 Å². The molecule has 7 nitrogen and oxygen atoms in total. The molecule has 4 rings (SSSR count). The highest BCUT2D eigenvalue weighted by Crippen LogP contribution is 2.16. The number of benzene rings is 2. The highest BCUT2D eigenvalue weighted by molar-refractivity contribution is 7.71. The summed E-state index contributed by atoms with van der Waals surface area (Å²) in [6.07, 6.45) is 0.669. The first-order valence-electron chi connectivity index (χ1n) is 10.4. The summed E-state index contributed by atoms with van der Waals surface area (Å²) in [5.41, 5.74) is 2.15. The van der Waals surface area contributed by atoms with Gasteiger partial charge < -0.3 is 9.64 Å². The van der Waals surface area contributed by atoms with Crippen LogP contribution in [0.25, 0.3) is 5.69 Å². The lowest BCUT2D eigenvalue weighted by Gasteiger charge is -2.28. The number of amides is 1. The highest BCUT2D eigenvalue weighted by Gasteiger charge is 2.19. The molecule has 8 heteroatoms. The van der Waals surface area contributed by atoms with Crippen molar-refractivity contribution in [2.45, 2.75) is 13.1 Å². The van der Waals surface area contributed by atoms with Crippen molar-refractivity contribution in [3.8, 4) is 5.69 Å². The van der Waals surface area contributed by atoms with Gasteiger partial charge in [-0.05, 0) is 37.0 Å². The number of rotatable bonds is 7. The maximum atomic E-state index is 12.6. The zero-order valence-corrected chi connectivity index (χ0v) is 18.5. The first-order chi connectivity index (χ1) is 15.1. The van der Waals surface area contributed by atoms with Gasteiger partial charge in [-0.2, -0.15) is 5.10 Å². The average Bonchev–Trinajstić information content (AvgIpc) is 3.09. The largest absolute Gasteiger partial charge is 0.378 e. The van der Waals surface area contributed by atoms with Crippen molar-refractivity contribution < 1.29 is 9.53 Å². The van der Waals surface area contributed by atoms with Crippen LogP contribution in [0.3, 0.4) is 0 Å². The SMILES string of the molecule is CN(CC(=O)N1CCOCC1)Cn1nc(Cc2ccccc2)n(-c2ccccc2)c1=S. The summed E-state index contributed by atoms with van der Waals surface area (Å²) in [5.74, 6) is 0.972. The molecule has 0 atom stereocenters. The minimum atomic E-state index is 0.101. The third-order valence-corrected chi connectivity index (χ3v) is 5.66. The second kappa shape index (κ2) is 10.00. The Morgan fingerprint density at radius 1 is 1.06 bits per heavy atom. The molecular formula is C23H27N5O2S. The summed E-state index contributed by atoms with van der Waals surface area (Å²) in [5, 5.41) is 4.83. The smallest absolute Gasteiger partial charge is 0.236 e. The van der Waals surface area contributed by atoms with Gasteiger partial charge in [0.2, 0.25) is 10.7 Å². The number of carbonyl (C=O) groups excluding carboxylic acids is 1. The Balaban J connectivity index is 1.56. The van der Waals surface area contributed by atoms with Crippen molar-refractivity contribution in [3.63, 3.8) is 0 Å². The van der Waals surface area contributed by atoms with Gasteiger partial charge in [0, 0.05) is 25.2 Å². The molecule has 0 spiro atoms. The van der Waals surface area contributed by atoms with Crippen molar-refractivity contribution in [2.24, 2.45) is 0 Å². The van der Waals surface area contributed by atoms with Crippen LogP contribution >= 0.6 is 12.2 Å². The molecule has 0 bridgehead atoms. The van der Waals surface area contributed by atoms with Gasteiger partial charge in [-0.3, -0.25) is 14.3 Å². The molecule has 0 N–H and O–H groups in total. The van der Waals surface area contributed by atoms with Gasteiger partial charge in [-0.1, -0.05) is 48.5 Å². The molecule has 1 fully saturated rings.